The first kappa shape index (κ1) is 15.2. The Morgan fingerprint density at radius 2 is 2.24 bits per heavy atom. The van der Waals surface area contributed by atoms with Gasteiger partial charge in [0.25, 0.3) is 0 Å². The van der Waals surface area contributed by atoms with Gasteiger partial charge >= 0.3 is 12.0 Å². The third kappa shape index (κ3) is 3.91. The number of nitrogens with one attached hydrogen (secondary N) is 2. The molecule has 2 rings (SSSR count). The highest BCUT2D eigenvalue weighted by Gasteiger charge is 2.37. The van der Waals surface area contributed by atoms with Crippen molar-refractivity contribution in [3.05, 3.63) is 11.9 Å². The van der Waals surface area contributed by atoms with Gasteiger partial charge in [0.15, 0.2) is 5.69 Å². The van der Waals surface area contributed by atoms with Gasteiger partial charge in [-0.3, -0.25) is 0 Å². The van der Waals surface area contributed by atoms with E-state index in [2.05, 4.69) is 20.9 Å². The van der Waals surface area contributed by atoms with Crippen LogP contribution in [0.5, 0.6) is 0 Å². The van der Waals surface area contributed by atoms with Crippen molar-refractivity contribution in [2.24, 2.45) is 0 Å². The first-order valence-electron chi connectivity index (χ1n) is 6.75. The summed E-state index contributed by atoms with van der Waals surface area (Å²) >= 11 is 0. The number of aromatic carboxylic acids is 1. The molecule has 0 unspecified atom stereocenters. The van der Waals surface area contributed by atoms with Crippen LogP contribution in [-0.4, -0.2) is 57.9 Å². The summed E-state index contributed by atoms with van der Waals surface area (Å²) in [7, 11) is 1.66. The molecule has 1 heterocycles. The zero-order valence-electron chi connectivity index (χ0n) is 11.8. The van der Waals surface area contributed by atoms with Gasteiger partial charge in [0.2, 0.25) is 0 Å². The summed E-state index contributed by atoms with van der Waals surface area (Å²) in [6, 6.07) is -0.281. The Labute approximate surface area is 121 Å². The minimum Gasteiger partial charge on any atom is -0.476 e. The molecule has 9 heteroatoms. The molecule has 1 aliphatic carbocycles. The van der Waals surface area contributed by atoms with Gasteiger partial charge in [0.05, 0.1) is 18.3 Å². The van der Waals surface area contributed by atoms with Gasteiger partial charge in [0, 0.05) is 20.2 Å². The van der Waals surface area contributed by atoms with Crippen LogP contribution in [0.25, 0.3) is 0 Å². The third-order valence-corrected chi connectivity index (χ3v) is 3.65. The van der Waals surface area contributed by atoms with Crippen molar-refractivity contribution in [2.45, 2.75) is 31.4 Å². The maximum atomic E-state index is 11.6. The molecule has 3 N–H and O–H groups in total. The lowest BCUT2D eigenvalue weighted by molar-refractivity contribution is -0.0673. The number of carbonyl (C=O) groups is 2. The van der Waals surface area contributed by atoms with Crippen LogP contribution in [0.2, 0.25) is 0 Å². The molecule has 1 aromatic rings. The van der Waals surface area contributed by atoms with Crippen LogP contribution >= 0.6 is 0 Å². The van der Waals surface area contributed by atoms with E-state index in [0.29, 0.717) is 19.6 Å². The number of carbonyl (C=O) groups excluding carboxylic acids is 1. The van der Waals surface area contributed by atoms with E-state index in [4.69, 9.17) is 9.84 Å². The Kier molecular flexibility index (Phi) is 4.73. The molecular formula is C12H19N5O4. The number of carboxylic acid groups (broad SMARTS) is 1. The summed E-state index contributed by atoms with van der Waals surface area (Å²) in [4.78, 5) is 22.3. The van der Waals surface area contributed by atoms with Crippen LogP contribution in [0.1, 0.15) is 29.8 Å². The summed E-state index contributed by atoms with van der Waals surface area (Å²) in [6.07, 6.45) is 4.35. The van der Waals surface area contributed by atoms with Crippen LogP contribution in [0.3, 0.4) is 0 Å². The van der Waals surface area contributed by atoms with Crippen molar-refractivity contribution in [1.82, 2.24) is 25.6 Å². The van der Waals surface area contributed by atoms with E-state index < -0.39 is 5.97 Å². The van der Waals surface area contributed by atoms with Crippen molar-refractivity contribution in [3.8, 4) is 0 Å². The predicted molar refractivity (Wildman–Crippen MR) is 72.0 cm³/mol. The molecule has 116 valence electrons. The first-order chi connectivity index (χ1) is 10.0. The van der Waals surface area contributed by atoms with Gasteiger partial charge in [-0.05, 0) is 19.3 Å². The Balaban J connectivity index is 1.65. The molecular weight excluding hydrogens is 278 g/mol. The Bertz CT molecular complexity index is 506. The molecule has 0 bridgehead atoms. The van der Waals surface area contributed by atoms with Crippen molar-refractivity contribution >= 4 is 12.0 Å². The average Bonchev–Trinajstić information content (AvgIpc) is 2.87. The molecule has 2 amide bonds. The standard InChI is InChI=1S/C12H19N5O4/c1-21-12(3-2-4-12)8-14-11(20)13-5-6-17-7-9(10(18)19)15-16-17/h7H,2-6,8H2,1H3,(H,18,19)(H2,13,14,20). The smallest absolute Gasteiger partial charge is 0.358 e. The zero-order valence-corrected chi connectivity index (χ0v) is 11.8. The summed E-state index contributed by atoms with van der Waals surface area (Å²) in [5.41, 5.74) is -0.328. The van der Waals surface area contributed by atoms with E-state index in [-0.39, 0.29) is 17.3 Å². The molecule has 0 atom stereocenters. The largest absolute Gasteiger partial charge is 0.476 e. The zero-order chi connectivity index (χ0) is 15.3. The number of ether oxygens (including phenoxy) is 1. The van der Waals surface area contributed by atoms with E-state index in [1.165, 1.54) is 10.9 Å². The first-order valence-corrected chi connectivity index (χ1v) is 6.75. The Hall–Kier alpha value is -2.16. The van der Waals surface area contributed by atoms with Crippen molar-refractivity contribution in [3.63, 3.8) is 0 Å². The van der Waals surface area contributed by atoms with Crippen LogP contribution < -0.4 is 10.6 Å². The van der Waals surface area contributed by atoms with Crippen LogP contribution in [0.4, 0.5) is 4.79 Å². The fourth-order valence-electron chi connectivity index (χ4n) is 2.12. The number of carboxylic acids is 1. The molecule has 0 spiro atoms. The summed E-state index contributed by atoms with van der Waals surface area (Å²) < 4.78 is 6.77. The van der Waals surface area contributed by atoms with Crippen LogP contribution in [-0.2, 0) is 11.3 Å². The molecule has 1 fully saturated rings. The maximum Gasteiger partial charge on any atom is 0.358 e. The third-order valence-electron chi connectivity index (χ3n) is 3.65. The number of amides is 2. The van der Waals surface area contributed by atoms with Gasteiger partial charge in [0.1, 0.15) is 0 Å². The molecule has 21 heavy (non-hydrogen) atoms. The van der Waals surface area contributed by atoms with Crippen LogP contribution in [0, 0.1) is 0 Å². The second-order valence-corrected chi connectivity index (χ2v) is 5.02. The van der Waals surface area contributed by atoms with Gasteiger partial charge in [-0.2, -0.15) is 0 Å². The lowest BCUT2D eigenvalue weighted by atomic mass is 9.80. The summed E-state index contributed by atoms with van der Waals surface area (Å²) in [6.45, 7) is 1.17. The normalized spacial score (nSPS) is 16.0. The minimum absolute atomic E-state index is 0.119. The summed E-state index contributed by atoms with van der Waals surface area (Å²) in [5.74, 6) is -1.13. The van der Waals surface area contributed by atoms with Gasteiger partial charge in [-0.1, -0.05) is 5.21 Å². The van der Waals surface area contributed by atoms with Crippen molar-refractivity contribution < 1.29 is 19.4 Å². The lowest BCUT2D eigenvalue weighted by Gasteiger charge is -2.40. The van der Waals surface area contributed by atoms with Gasteiger partial charge in [-0.15, -0.1) is 5.10 Å². The summed E-state index contributed by atoms with van der Waals surface area (Å²) in [5, 5.41) is 21.3. The van der Waals surface area contributed by atoms with Gasteiger partial charge in [-0.25, -0.2) is 14.3 Å². The number of nitrogens with zero attached hydrogens (tertiary/aromatic N) is 3. The van der Waals surface area contributed by atoms with E-state index in [0.717, 1.165) is 19.3 Å². The van der Waals surface area contributed by atoms with Crippen molar-refractivity contribution in [2.75, 3.05) is 20.2 Å². The lowest BCUT2D eigenvalue weighted by Crippen LogP contribution is -2.51. The van der Waals surface area contributed by atoms with Crippen LogP contribution in [0.15, 0.2) is 6.20 Å². The molecule has 1 aromatic heterocycles. The number of hydrogen-bond donors (Lipinski definition) is 3. The second kappa shape index (κ2) is 6.53. The topological polar surface area (TPSA) is 118 Å². The average molecular weight is 297 g/mol. The number of aromatic nitrogens is 3. The highest BCUT2D eigenvalue weighted by atomic mass is 16.5. The van der Waals surface area contributed by atoms with E-state index >= 15 is 0 Å². The number of methoxy groups -OCH3 is 1. The van der Waals surface area contributed by atoms with E-state index in [1.54, 1.807) is 7.11 Å². The Morgan fingerprint density at radius 1 is 1.48 bits per heavy atom. The quantitative estimate of drug-likeness (QED) is 0.644. The fraction of sp³-hybridized carbons (Fsp3) is 0.667. The number of urea groups is 1. The maximum absolute atomic E-state index is 11.6. The minimum atomic E-state index is -1.13. The molecule has 0 saturated heterocycles. The molecule has 9 nitrogen and oxygen atoms in total. The van der Waals surface area contributed by atoms with E-state index in [9.17, 15) is 9.59 Å². The highest BCUT2D eigenvalue weighted by molar-refractivity contribution is 5.84. The predicted octanol–water partition coefficient (Wildman–Crippen LogP) is -0.155. The Morgan fingerprint density at radius 3 is 2.76 bits per heavy atom. The molecule has 0 radical (unpaired) electrons. The van der Waals surface area contributed by atoms with E-state index in [1.807, 2.05) is 0 Å². The molecule has 0 aliphatic heterocycles. The molecule has 1 aliphatic rings. The fourth-order valence-corrected chi connectivity index (χ4v) is 2.12. The number of hydrogen-bond acceptors (Lipinski definition) is 5. The molecule has 0 aromatic carbocycles. The van der Waals surface area contributed by atoms with Crippen molar-refractivity contribution in [1.29, 1.82) is 0 Å². The van der Waals surface area contributed by atoms with Gasteiger partial charge < -0.3 is 20.5 Å². The monoisotopic (exact) mass is 297 g/mol. The number of rotatable bonds is 7. The SMILES string of the molecule is COC1(CNC(=O)NCCn2cc(C(=O)O)nn2)CCC1. The molecule has 1 saturated carbocycles. The highest BCUT2D eigenvalue weighted by Crippen LogP contribution is 2.34. The second-order valence-electron chi connectivity index (χ2n) is 5.02.